The molecule has 2 aromatic rings. The van der Waals surface area contributed by atoms with Crippen molar-refractivity contribution in [3.8, 4) is 0 Å². The molecule has 0 unspecified atom stereocenters. The quantitative estimate of drug-likeness (QED) is 0.622. The normalized spacial score (nSPS) is 10.9. The molecule has 0 saturated carbocycles. The van der Waals surface area contributed by atoms with Gasteiger partial charge in [0.1, 0.15) is 41.1 Å². The number of aromatic nitrogens is 1. The number of hydrogen-bond donors (Lipinski definition) is 0. The van der Waals surface area contributed by atoms with E-state index in [9.17, 15) is 4.39 Å². The third-order valence-corrected chi connectivity index (χ3v) is 2.75. The van der Waals surface area contributed by atoms with E-state index in [2.05, 4.69) is 0 Å². The van der Waals surface area contributed by atoms with Crippen LogP contribution in [0.2, 0.25) is 0 Å². The molecular weight excluding hydrogens is 304 g/mol. The van der Waals surface area contributed by atoms with E-state index in [-0.39, 0.29) is 5.82 Å². The van der Waals surface area contributed by atoms with Crippen LogP contribution in [0.5, 0.6) is 0 Å². The van der Waals surface area contributed by atoms with Crippen molar-refractivity contribution < 1.29 is 6.90 Å². The Kier molecular flexibility index (Phi) is 2.75. The molecular formula is C8H5FINOS. The van der Waals surface area contributed by atoms with Crippen LogP contribution in [0.15, 0.2) is 30.5 Å². The van der Waals surface area contributed by atoms with Gasteiger partial charge in [0.15, 0.2) is 0 Å². The standard InChI is InChI=1S/C8H5FINOS/c9-7-2-1-6-3-4-11(13-12-10)8(6)5-7/h1-5H. The summed E-state index contributed by atoms with van der Waals surface area (Å²) in [7, 11) is 0. The van der Waals surface area contributed by atoms with Crippen LogP contribution in [-0.4, -0.2) is 3.97 Å². The second-order valence-corrected chi connectivity index (χ2v) is 4.23. The van der Waals surface area contributed by atoms with Gasteiger partial charge < -0.3 is 0 Å². The molecule has 1 aromatic heterocycles. The Balaban J connectivity index is 2.58. The molecule has 0 N–H and O–H groups in total. The second-order valence-electron chi connectivity index (χ2n) is 2.48. The van der Waals surface area contributed by atoms with Gasteiger partial charge in [0.25, 0.3) is 0 Å². The van der Waals surface area contributed by atoms with Crippen LogP contribution >= 0.6 is 35.2 Å². The van der Waals surface area contributed by atoms with Crippen LogP contribution < -0.4 is 0 Å². The molecule has 0 aliphatic heterocycles. The molecule has 0 radical (unpaired) electrons. The topological polar surface area (TPSA) is 14.2 Å². The van der Waals surface area contributed by atoms with Crippen LogP contribution in [0.3, 0.4) is 0 Å². The Morgan fingerprint density at radius 3 is 3.00 bits per heavy atom. The van der Waals surface area contributed by atoms with Crippen molar-refractivity contribution in [3.63, 3.8) is 0 Å². The van der Waals surface area contributed by atoms with Gasteiger partial charge in [-0.2, -0.15) is 0 Å². The number of hydrogen-bond acceptors (Lipinski definition) is 2. The summed E-state index contributed by atoms with van der Waals surface area (Å²) in [5.74, 6) is -0.235. The molecule has 1 heterocycles. The third kappa shape index (κ3) is 1.82. The van der Waals surface area contributed by atoms with E-state index in [0.717, 1.165) is 23.1 Å². The molecule has 0 bridgehead atoms. The smallest absolute Gasteiger partial charge is 0.129 e. The van der Waals surface area contributed by atoms with Gasteiger partial charge in [0.05, 0.1) is 5.52 Å². The lowest BCUT2D eigenvalue weighted by atomic mass is 10.2. The average Bonchev–Trinajstić information content (AvgIpc) is 2.49. The van der Waals surface area contributed by atoms with Crippen LogP contribution in [0.1, 0.15) is 0 Å². The van der Waals surface area contributed by atoms with Crippen molar-refractivity contribution in [2.75, 3.05) is 0 Å². The molecule has 0 fully saturated rings. The van der Waals surface area contributed by atoms with Gasteiger partial charge in [-0.25, -0.2) is 6.90 Å². The van der Waals surface area contributed by atoms with Crippen LogP contribution in [0.25, 0.3) is 10.9 Å². The lowest BCUT2D eigenvalue weighted by molar-refractivity contribution is 0.629. The summed E-state index contributed by atoms with van der Waals surface area (Å²) < 4.78 is 19.5. The molecule has 13 heavy (non-hydrogen) atoms. The summed E-state index contributed by atoms with van der Waals surface area (Å²) in [4.78, 5) is 0. The third-order valence-electron chi connectivity index (χ3n) is 1.73. The van der Waals surface area contributed by atoms with Gasteiger partial charge in [-0.05, 0) is 24.3 Å². The highest BCUT2D eigenvalue weighted by atomic mass is 127. The van der Waals surface area contributed by atoms with Gasteiger partial charge in [-0.15, -0.1) is 0 Å². The van der Waals surface area contributed by atoms with Crippen LogP contribution in [0, 0.1) is 5.82 Å². The molecule has 5 heteroatoms. The molecule has 0 amide bonds. The van der Waals surface area contributed by atoms with Crippen molar-refractivity contribution in [1.82, 2.24) is 3.97 Å². The van der Waals surface area contributed by atoms with Crippen molar-refractivity contribution in [3.05, 3.63) is 36.3 Å². The first-order chi connectivity index (χ1) is 6.31. The van der Waals surface area contributed by atoms with Crippen LogP contribution in [0.4, 0.5) is 4.39 Å². The fourth-order valence-corrected chi connectivity index (χ4v) is 2.10. The summed E-state index contributed by atoms with van der Waals surface area (Å²) >= 11 is 2.94. The number of fused-ring (bicyclic) bond motifs is 1. The summed E-state index contributed by atoms with van der Waals surface area (Å²) in [6, 6.07) is 6.59. The molecule has 0 saturated heterocycles. The molecule has 2 nitrogen and oxygen atoms in total. The number of rotatable bonds is 2. The second kappa shape index (κ2) is 3.85. The zero-order valence-electron chi connectivity index (χ0n) is 6.41. The molecule has 1 aromatic carbocycles. The maximum atomic E-state index is 12.9. The Labute approximate surface area is 93.1 Å². The van der Waals surface area contributed by atoms with E-state index in [0.29, 0.717) is 0 Å². The van der Waals surface area contributed by atoms with E-state index in [1.165, 1.54) is 12.1 Å². The van der Waals surface area contributed by atoms with Gasteiger partial charge in [0.2, 0.25) is 0 Å². The fourth-order valence-electron chi connectivity index (χ4n) is 1.17. The maximum Gasteiger partial charge on any atom is 0.129 e. The minimum atomic E-state index is -0.235. The first kappa shape index (κ1) is 9.29. The fraction of sp³-hybridized carbons (Fsp3) is 0. The first-order valence-corrected chi connectivity index (χ1v) is 5.11. The molecule has 68 valence electrons. The lowest BCUT2D eigenvalue weighted by Gasteiger charge is -1.98. The van der Waals surface area contributed by atoms with Crippen LogP contribution in [-0.2, 0) is 2.51 Å². The van der Waals surface area contributed by atoms with Gasteiger partial charge in [-0.1, -0.05) is 0 Å². The van der Waals surface area contributed by atoms with Crippen molar-refractivity contribution >= 4 is 46.1 Å². The van der Waals surface area contributed by atoms with Gasteiger partial charge in [-0.3, -0.25) is 3.97 Å². The minimum Gasteiger partial charge on any atom is -0.267 e. The highest BCUT2D eigenvalue weighted by Crippen LogP contribution is 2.23. The predicted octanol–water partition coefficient (Wildman–Crippen LogP) is 3.56. The molecule has 0 spiro atoms. The summed E-state index contributed by atoms with van der Waals surface area (Å²) in [5.41, 5.74) is 0.821. The molecule has 0 atom stereocenters. The van der Waals surface area contributed by atoms with Crippen molar-refractivity contribution in [1.29, 1.82) is 0 Å². The minimum absolute atomic E-state index is 0.235. The number of nitrogens with zero attached hydrogens (tertiary/aromatic N) is 1. The molecule has 2 rings (SSSR count). The maximum absolute atomic E-state index is 12.9. The molecule has 0 aliphatic rings. The number of benzene rings is 1. The van der Waals surface area contributed by atoms with Crippen molar-refractivity contribution in [2.24, 2.45) is 0 Å². The average molecular weight is 309 g/mol. The predicted molar refractivity (Wildman–Crippen MR) is 60.0 cm³/mol. The zero-order chi connectivity index (χ0) is 9.26. The van der Waals surface area contributed by atoms with E-state index in [1.54, 1.807) is 33.0 Å². The van der Waals surface area contributed by atoms with E-state index >= 15 is 0 Å². The Morgan fingerprint density at radius 2 is 2.23 bits per heavy atom. The lowest BCUT2D eigenvalue weighted by Crippen LogP contribution is -1.82. The number of halogens is 2. The van der Waals surface area contributed by atoms with E-state index < -0.39 is 0 Å². The first-order valence-electron chi connectivity index (χ1n) is 3.53. The summed E-state index contributed by atoms with van der Waals surface area (Å²) in [5, 5.41) is 1.00. The van der Waals surface area contributed by atoms with E-state index in [4.69, 9.17) is 2.51 Å². The van der Waals surface area contributed by atoms with E-state index in [1.807, 2.05) is 12.3 Å². The van der Waals surface area contributed by atoms with Gasteiger partial charge in [0, 0.05) is 11.6 Å². The SMILES string of the molecule is Fc1ccc2ccn(SOI)c2c1. The summed E-state index contributed by atoms with van der Waals surface area (Å²) in [6.07, 6.45) is 1.84. The van der Waals surface area contributed by atoms with Gasteiger partial charge >= 0.3 is 0 Å². The highest BCUT2D eigenvalue weighted by Gasteiger charge is 2.02. The zero-order valence-corrected chi connectivity index (χ0v) is 9.38. The largest absolute Gasteiger partial charge is 0.267 e. The Hall–Kier alpha value is -0.270. The van der Waals surface area contributed by atoms with Crippen molar-refractivity contribution in [2.45, 2.75) is 0 Å². The Morgan fingerprint density at radius 1 is 1.38 bits per heavy atom. The Bertz CT molecular complexity index is 431. The summed E-state index contributed by atoms with van der Waals surface area (Å²) in [6.45, 7) is 0. The molecule has 0 aliphatic carbocycles. The highest BCUT2D eigenvalue weighted by molar-refractivity contribution is 14.1. The monoisotopic (exact) mass is 309 g/mol.